The van der Waals surface area contributed by atoms with Gasteiger partial charge in [0.2, 0.25) is 0 Å². The molecule has 0 spiro atoms. The summed E-state index contributed by atoms with van der Waals surface area (Å²) >= 11 is 12.1. The molecule has 0 saturated heterocycles. The average molecular weight is 316 g/mol. The van der Waals surface area contributed by atoms with E-state index in [1.54, 1.807) is 19.1 Å². The van der Waals surface area contributed by atoms with Crippen LogP contribution in [0.4, 0.5) is 4.39 Å². The highest BCUT2D eigenvalue weighted by Crippen LogP contribution is 2.21. The molecule has 1 aromatic carbocycles. The molecule has 0 aliphatic carbocycles. The van der Waals surface area contributed by atoms with Crippen LogP contribution in [0.2, 0.25) is 0 Å². The molecule has 0 aromatic heterocycles. The lowest BCUT2D eigenvalue weighted by atomic mass is 10.1. The second kappa shape index (κ2) is 8.08. The van der Waals surface area contributed by atoms with Crippen molar-refractivity contribution in [3.8, 4) is 0 Å². The molecule has 2 nitrogen and oxygen atoms in total. The topological polar surface area (TPSA) is 29.1 Å². The lowest BCUT2D eigenvalue weighted by Gasteiger charge is -2.10. The third-order valence-corrected chi connectivity index (χ3v) is 3.24. The van der Waals surface area contributed by atoms with Gasteiger partial charge in [0.25, 0.3) is 5.91 Å². The Balaban J connectivity index is 2.80. The van der Waals surface area contributed by atoms with Gasteiger partial charge in [0, 0.05) is 22.2 Å². The minimum absolute atomic E-state index is 0.00494. The summed E-state index contributed by atoms with van der Waals surface area (Å²) in [6.45, 7) is 3.79. The van der Waals surface area contributed by atoms with E-state index in [0.717, 1.165) is 6.42 Å². The van der Waals surface area contributed by atoms with Crippen LogP contribution < -0.4 is 5.32 Å². The average Bonchev–Trinajstić information content (AvgIpc) is 2.39. The number of amides is 1. The summed E-state index contributed by atoms with van der Waals surface area (Å²) in [4.78, 5) is 11.9. The largest absolute Gasteiger partial charge is 0.348 e. The molecule has 0 atom stereocenters. The summed E-state index contributed by atoms with van der Waals surface area (Å²) in [5.41, 5.74) is 0.620. The third-order valence-electron chi connectivity index (χ3n) is 2.63. The van der Waals surface area contributed by atoms with Gasteiger partial charge in [-0.25, -0.2) is 4.39 Å². The molecule has 0 saturated carbocycles. The van der Waals surface area contributed by atoms with E-state index in [1.165, 1.54) is 18.2 Å². The van der Waals surface area contributed by atoms with Crippen LogP contribution in [-0.2, 0) is 0 Å². The number of rotatable bonds is 5. The highest BCUT2D eigenvalue weighted by Gasteiger charge is 2.12. The molecule has 5 heteroatoms. The fourth-order valence-electron chi connectivity index (χ4n) is 1.58. The van der Waals surface area contributed by atoms with Crippen LogP contribution in [0.25, 0.3) is 0 Å². The van der Waals surface area contributed by atoms with Crippen molar-refractivity contribution in [2.75, 3.05) is 6.54 Å². The number of hydrogen-bond acceptors (Lipinski definition) is 1. The van der Waals surface area contributed by atoms with Gasteiger partial charge in [-0.2, -0.15) is 0 Å². The fourth-order valence-corrected chi connectivity index (χ4v) is 2.16. The number of benzene rings is 1. The van der Waals surface area contributed by atoms with Gasteiger partial charge in [0.15, 0.2) is 0 Å². The van der Waals surface area contributed by atoms with Gasteiger partial charge < -0.3 is 5.32 Å². The van der Waals surface area contributed by atoms with E-state index in [1.807, 2.05) is 6.92 Å². The summed E-state index contributed by atoms with van der Waals surface area (Å²) < 4.78 is 13.5. The Morgan fingerprint density at radius 1 is 1.35 bits per heavy atom. The molecule has 0 aliphatic rings. The molecule has 108 valence electrons. The predicted octanol–water partition coefficient (Wildman–Crippen LogP) is 4.60. The van der Waals surface area contributed by atoms with Gasteiger partial charge in [0.1, 0.15) is 5.82 Å². The van der Waals surface area contributed by atoms with E-state index >= 15 is 0 Å². The molecule has 0 fully saturated rings. The normalized spacial score (nSPS) is 12.9. The molecular weight excluding hydrogens is 300 g/mol. The van der Waals surface area contributed by atoms with Crippen molar-refractivity contribution in [2.45, 2.75) is 20.3 Å². The Labute approximate surface area is 128 Å². The quantitative estimate of drug-likeness (QED) is 0.790. The lowest BCUT2D eigenvalue weighted by Crippen LogP contribution is -2.26. The first kappa shape index (κ1) is 16.7. The van der Waals surface area contributed by atoms with Crippen molar-refractivity contribution in [1.82, 2.24) is 5.32 Å². The van der Waals surface area contributed by atoms with Crippen molar-refractivity contribution < 1.29 is 9.18 Å². The van der Waals surface area contributed by atoms with Gasteiger partial charge in [0.05, 0.1) is 5.56 Å². The van der Waals surface area contributed by atoms with Gasteiger partial charge in [-0.3, -0.25) is 4.79 Å². The lowest BCUT2D eigenvalue weighted by molar-refractivity contribution is 0.0953. The van der Waals surface area contributed by atoms with Gasteiger partial charge >= 0.3 is 0 Å². The summed E-state index contributed by atoms with van der Waals surface area (Å²) in [5, 5.41) is 3.60. The molecule has 0 radical (unpaired) electrons. The zero-order valence-electron chi connectivity index (χ0n) is 11.3. The van der Waals surface area contributed by atoms with Crippen LogP contribution in [0, 0.1) is 5.82 Å². The fraction of sp³-hybridized carbons (Fsp3) is 0.267. The second-order valence-corrected chi connectivity index (χ2v) is 5.11. The molecule has 0 aliphatic heterocycles. The maximum Gasteiger partial charge on any atom is 0.254 e. The van der Waals surface area contributed by atoms with Crippen LogP contribution in [0.15, 0.2) is 46.0 Å². The molecule has 0 unspecified atom stereocenters. The van der Waals surface area contributed by atoms with E-state index in [9.17, 15) is 9.18 Å². The summed E-state index contributed by atoms with van der Waals surface area (Å²) in [6, 6.07) is 5.79. The summed E-state index contributed by atoms with van der Waals surface area (Å²) in [5.74, 6) is -1.06. The number of allylic oxidation sites excluding steroid dienone is 2. The zero-order chi connectivity index (χ0) is 15.1. The Morgan fingerprint density at radius 2 is 2.00 bits per heavy atom. The molecular formula is C15H16Cl2FNO. The molecule has 1 aromatic rings. The first-order valence-corrected chi connectivity index (χ1v) is 6.97. The van der Waals surface area contributed by atoms with E-state index in [4.69, 9.17) is 23.2 Å². The standard InChI is InChI=1S/C15H16Cl2FNO/c1-3-6-13(17)12(10(2)16)9-19-15(20)11-7-4-5-8-14(11)18/h4-8H,3,9H2,1-2H3,(H,19,20)/b12-10+,13-6+. The highest BCUT2D eigenvalue weighted by atomic mass is 35.5. The maximum absolute atomic E-state index is 13.5. The SMILES string of the molecule is CC/C=C(Cl)\C(CNC(=O)c1ccccc1F)=C(/C)Cl. The monoisotopic (exact) mass is 315 g/mol. The Morgan fingerprint density at radius 3 is 2.55 bits per heavy atom. The maximum atomic E-state index is 13.5. The van der Waals surface area contributed by atoms with Gasteiger partial charge in [-0.1, -0.05) is 48.3 Å². The van der Waals surface area contributed by atoms with Crippen molar-refractivity contribution in [3.63, 3.8) is 0 Å². The van der Waals surface area contributed by atoms with Crippen molar-refractivity contribution >= 4 is 29.1 Å². The van der Waals surface area contributed by atoms with E-state index in [-0.39, 0.29) is 12.1 Å². The Bertz CT molecular complexity index is 549. The Hall–Kier alpha value is -1.32. The van der Waals surface area contributed by atoms with Crippen LogP contribution in [0.3, 0.4) is 0 Å². The minimum atomic E-state index is -0.562. The summed E-state index contributed by atoms with van der Waals surface area (Å²) in [6.07, 6.45) is 2.56. The second-order valence-electron chi connectivity index (χ2n) is 4.13. The number of carbonyl (C=O) groups excluding carboxylic acids is 1. The molecule has 0 heterocycles. The number of halogens is 3. The van der Waals surface area contributed by atoms with Gasteiger partial charge in [-0.15, -0.1) is 0 Å². The molecule has 0 bridgehead atoms. The summed E-state index contributed by atoms with van der Waals surface area (Å²) in [7, 11) is 0. The molecule has 1 rings (SSSR count). The van der Waals surface area contributed by atoms with Gasteiger partial charge in [-0.05, 0) is 25.5 Å². The Kier molecular flexibility index (Phi) is 6.76. The van der Waals surface area contributed by atoms with Crippen molar-refractivity contribution in [1.29, 1.82) is 0 Å². The van der Waals surface area contributed by atoms with E-state index in [0.29, 0.717) is 15.6 Å². The predicted molar refractivity (Wildman–Crippen MR) is 81.5 cm³/mol. The number of hydrogen-bond donors (Lipinski definition) is 1. The molecule has 1 amide bonds. The zero-order valence-corrected chi connectivity index (χ0v) is 12.9. The highest BCUT2D eigenvalue weighted by molar-refractivity contribution is 6.35. The van der Waals surface area contributed by atoms with Crippen LogP contribution in [0.1, 0.15) is 30.6 Å². The van der Waals surface area contributed by atoms with Crippen LogP contribution >= 0.6 is 23.2 Å². The van der Waals surface area contributed by atoms with Crippen molar-refractivity contribution in [3.05, 3.63) is 57.4 Å². The molecule has 20 heavy (non-hydrogen) atoms. The third kappa shape index (κ3) is 4.66. The smallest absolute Gasteiger partial charge is 0.254 e. The van der Waals surface area contributed by atoms with E-state index in [2.05, 4.69) is 5.32 Å². The van der Waals surface area contributed by atoms with Crippen LogP contribution in [-0.4, -0.2) is 12.5 Å². The van der Waals surface area contributed by atoms with Crippen LogP contribution in [0.5, 0.6) is 0 Å². The molecule has 1 N–H and O–H groups in total. The minimum Gasteiger partial charge on any atom is -0.348 e. The first-order chi connectivity index (χ1) is 9.47. The first-order valence-electron chi connectivity index (χ1n) is 6.21. The number of carbonyl (C=O) groups is 1. The number of nitrogens with one attached hydrogen (secondary N) is 1. The van der Waals surface area contributed by atoms with E-state index < -0.39 is 11.7 Å². The van der Waals surface area contributed by atoms with Crippen molar-refractivity contribution in [2.24, 2.45) is 0 Å².